The third kappa shape index (κ3) is 7.13. The van der Waals surface area contributed by atoms with E-state index in [4.69, 9.17) is 25.8 Å². The fraction of sp³-hybridized carbons (Fsp3) is 0.643. The minimum Gasteiger partial charge on any atom is -0.464 e. The molecule has 0 heterocycles. The number of carbonyl (C=O) groups excluding carboxylic acids is 3. The van der Waals surface area contributed by atoms with Gasteiger partial charge in [0.15, 0.2) is 5.38 Å². The average Bonchev–Trinajstić information content (AvgIpc) is 2.46. The van der Waals surface area contributed by atoms with Gasteiger partial charge in [-0.1, -0.05) is 20.4 Å². The van der Waals surface area contributed by atoms with Gasteiger partial charge in [0.05, 0.1) is 13.2 Å². The monoisotopic (exact) mass is 320 g/mol. The molecule has 0 saturated carbocycles. The first-order chi connectivity index (χ1) is 9.84. The molecule has 0 bridgehead atoms. The zero-order chi connectivity index (χ0) is 16.4. The number of carbonyl (C=O) groups is 3. The second kappa shape index (κ2) is 10.2. The lowest BCUT2D eigenvalue weighted by molar-refractivity contribution is -0.169. The Morgan fingerprint density at radius 1 is 1.05 bits per heavy atom. The van der Waals surface area contributed by atoms with Gasteiger partial charge in [-0.3, -0.25) is 4.79 Å². The van der Waals surface area contributed by atoms with Crippen molar-refractivity contribution in [3.05, 3.63) is 12.2 Å². The summed E-state index contributed by atoms with van der Waals surface area (Å²) >= 11 is 5.87. The van der Waals surface area contributed by atoms with Crippen molar-refractivity contribution in [2.45, 2.75) is 45.1 Å². The number of hydrogen-bond donors (Lipinski definition) is 0. The van der Waals surface area contributed by atoms with Crippen molar-refractivity contribution < 1.29 is 28.6 Å². The van der Waals surface area contributed by atoms with Crippen molar-refractivity contribution in [1.82, 2.24) is 0 Å². The molecule has 120 valence electrons. The van der Waals surface area contributed by atoms with Crippen molar-refractivity contribution in [3.8, 4) is 0 Å². The Labute approximate surface area is 129 Å². The quantitative estimate of drug-likeness (QED) is 0.280. The van der Waals surface area contributed by atoms with Gasteiger partial charge in [-0.25, -0.2) is 9.59 Å². The van der Waals surface area contributed by atoms with E-state index in [2.05, 4.69) is 6.58 Å². The van der Waals surface area contributed by atoms with Crippen molar-refractivity contribution >= 4 is 29.5 Å². The molecule has 2 atom stereocenters. The molecule has 6 nitrogen and oxygen atoms in total. The van der Waals surface area contributed by atoms with E-state index in [-0.39, 0.29) is 18.8 Å². The van der Waals surface area contributed by atoms with E-state index in [1.807, 2.05) is 6.92 Å². The van der Waals surface area contributed by atoms with Crippen molar-refractivity contribution in [2.75, 3.05) is 13.2 Å². The van der Waals surface area contributed by atoms with Crippen LogP contribution in [0.3, 0.4) is 0 Å². The van der Waals surface area contributed by atoms with Gasteiger partial charge in [0.2, 0.25) is 6.10 Å². The molecule has 21 heavy (non-hydrogen) atoms. The Hall–Kier alpha value is -1.56. The third-order valence-corrected chi connectivity index (χ3v) is 2.61. The highest BCUT2D eigenvalue weighted by molar-refractivity contribution is 6.31. The van der Waals surface area contributed by atoms with E-state index in [1.165, 1.54) is 6.92 Å². The summed E-state index contributed by atoms with van der Waals surface area (Å²) in [6, 6.07) is 0. The zero-order valence-electron chi connectivity index (χ0n) is 12.5. The summed E-state index contributed by atoms with van der Waals surface area (Å²) < 4.78 is 14.6. The van der Waals surface area contributed by atoms with Gasteiger partial charge in [-0.15, -0.1) is 11.6 Å². The molecule has 0 aliphatic carbocycles. The van der Waals surface area contributed by atoms with Crippen molar-refractivity contribution in [2.24, 2.45) is 0 Å². The maximum absolute atomic E-state index is 11.9. The lowest BCUT2D eigenvalue weighted by Gasteiger charge is -2.20. The van der Waals surface area contributed by atoms with Crippen LogP contribution < -0.4 is 0 Å². The molecular weight excluding hydrogens is 300 g/mol. The Morgan fingerprint density at radius 3 is 1.95 bits per heavy atom. The lowest BCUT2D eigenvalue weighted by Crippen LogP contribution is -2.42. The summed E-state index contributed by atoms with van der Waals surface area (Å²) in [5.41, 5.74) is 0.0779. The molecule has 0 saturated heterocycles. The molecule has 0 spiro atoms. The van der Waals surface area contributed by atoms with E-state index in [0.29, 0.717) is 12.8 Å². The van der Waals surface area contributed by atoms with Crippen LogP contribution in [-0.4, -0.2) is 42.6 Å². The Kier molecular flexibility index (Phi) is 9.45. The van der Waals surface area contributed by atoms with Crippen LogP contribution >= 0.6 is 11.6 Å². The van der Waals surface area contributed by atoms with E-state index < -0.39 is 29.4 Å². The zero-order valence-corrected chi connectivity index (χ0v) is 13.3. The topological polar surface area (TPSA) is 78.9 Å². The van der Waals surface area contributed by atoms with E-state index >= 15 is 0 Å². The molecule has 0 aromatic rings. The van der Waals surface area contributed by atoms with Gasteiger partial charge in [-0.2, -0.15) is 0 Å². The minimum absolute atomic E-state index is 0.0779. The predicted octanol–water partition coefficient (Wildman–Crippen LogP) is 1.99. The molecule has 0 amide bonds. The van der Waals surface area contributed by atoms with Crippen LogP contribution in [0.15, 0.2) is 12.2 Å². The second-order valence-electron chi connectivity index (χ2n) is 4.34. The summed E-state index contributed by atoms with van der Waals surface area (Å²) in [6.45, 7) is 8.71. The molecule has 0 radical (unpaired) electrons. The SMILES string of the molecule is C=C(C)C(=O)OC(C(=O)OCCC)C(Cl)C(=O)OCCC. The molecule has 0 fully saturated rings. The molecule has 7 heteroatoms. The lowest BCUT2D eigenvalue weighted by atomic mass is 10.2. The van der Waals surface area contributed by atoms with Gasteiger partial charge >= 0.3 is 17.9 Å². The number of esters is 3. The largest absolute Gasteiger partial charge is 0.464 e. The summed E-state index contributed by atoms with van der Waals surface area (Å²) in [5, 5.41) is -1.47. The molecule has 0 aliphatic rings. The number of rotatable bonds is 9. The number of alkyl halides is 1. The van der Waals surface area contributed by atoms with Gasteiger partial charge < -0.3 is 14.2 Å². The maximum Gasteiger partial charge on any atom is 0.349 e. The van der Waals surface area contributed by atoms with E-state index in [9.17, 15) is 14.4 Å². The van der Waals surface area contributed by atoms with Crippen LogP contribution in [0.5, 0.6) is 0 Å². The maximum atomic E-state index is 11.9. The molecular formula is C14H21ClO6. The fourth-order valence-electron chi connectivity index (χ4n) is 1.13. The van der Waals surface area contributed by atoms with Crippen LogP contribution in [0.2, 0.25) is 0 Å². The molecule has 0 aromatic heterocycles. The Balaban J connectivity index is 4.92. The highest BCUT2D eigenvalue weighted by atomic mass is 35.5. The predicted molar refractivity (Wildman–Crippen MR) is 76.8 cm³/mol. The first kappa shape index (κ1) is 19.4. The number of hydrogen-bond acceptors (Lipinski definition) is 6. The number of halogens is 1. The normalized spacial score (nSPS) is 13.0. The van der Waals surface area contributed by atoms with Crippen molar-refractivity contribution in [1.29, 1.82) is 0 Å². The molecule has 0 rings (SSSR count). The summed E-state index contributed by atoms with van der Waals surface area (Å²) in [4.78, 5) is 35.1. The van der Waals surface area contributed by atoms with Gasteiger partial charge in [0, 0.05) is 5.57 Å². The molecule has 0 aliphatic heterocycles. The standard InChI is InChI=1S/C14H21ClO6/c1-5-7-19-13(17)10(15)11(14(18)20-8-6-2)21-12(16)9(3)4/h10-11H,3,5-8H2,1-2,4H3. The van der Waals surface area contributed by atoms with Crippen LogP contribution in [0.25, 0.3) is 0 Å². The van der Waals surface area contributed by atoms with Crippen LogP contribution in [0, 0.1) is 0 Å². The molecule has 0 N–H and O–H groups in total. The number of ether oxygens (including phenoxy) is 3. The van der Waals surface area contributed by atoms with Crippen molar-refractivity contribution in [3.63, 3.8) is 0 Å². The minimum atomic E-state index is -1.56. The van der Waals surface area contributed by atoms with Gasteiger partial charge in [0.25, 0.3) is 0 Å². The Bertz CT molecular complexity index is 393. The summed E-state index contributed by atoms with van der Waals surface area (Å²) in [5.74, 6) is -2.56. The summed E-state index contributed by atoms with van der Waals surface area (Å²) in [7, 11) is 0. The van der Waals surface area contributed by atoms with E-state index in [1.54, 1.807) is 6.92 Å². The van der Waals surface area contributed by atoms with Crippen LogP contribution in [0.4, 0.5) is 0 Å². The first-order valence-corrected chi connectivity index (χ1v) is 7.12. The fourth-order valence-corrected chi connectivity index (χ4v) is 1.35. The van der Waals surface area contributed by atoms with E-state index in [0.717, 1.165) is 0 Å². The third-order valence-electron chi connectivity index (χ3n) is 2.20. The highest BCUT2D eigenvalue weighted by Gasteiger charge is 2.38. The van der Waals surface area contributed by atoms with Gasteiger partial charge in [0.1, 0.15) is 0 Å². The first-order valence-electron chi connectivity index (χ1n) is 6.68. The Morgan fingerprint density at radius 2 is 1.52 bits per heavy atom. The molecule has 0 aromatic carbocycles. The second-order valence-corrected chi connectivity index (χ2v) is 4.81. The van der Waals surface area contributed by atoms with Crippen LogP contribution in [-0.2, 0) is 28.6 Å². The molecule has 2 unspecified atom stereocenters. The van der Waals surface area contributed by atoms with Crippen LogP contribution in [0.1, 0.15) is 33.6 Å². The highest BCUT2D eigenvalue weighted by Crippen LogP contribution is 2.14. The average molecular weight is 321 g/mol. The smallest absolute Gasteiger partial charge is 0.349 e. The summed E-state index contributed by atoms with van der Waals surface area (Å²) in [6.07, 6.45) is -0.377. The van der Waals surface area contributed by atoms with Gasteiger partial charge in [-0.05, 0) is 19.8 Å².